The normalized spacial score (nSPS) is 19.5. The summed E-state index contributed by atoms with van der Waals surface area (Å²) in [7, 11) is -4.33. The number of fused-ring (bicyclic) bond motifs is 1. The zero-order valence-corrected chi connectivity index (χ0v) is 30.1. The van der Waals surface area contributed by atoms with Crippen LogP contribution in [0.5, 0.6) is 0 Å². The first-order chi connectivity index (χ1) is 24.4. The number of carbonyl (C=O) groups is 1. The largest absolute Gasteiger partial charge is 0.444 e. The number of nitrogens with one attached hydrogen (secondary N) is 1. The fraction of sp³-hybridized carbons (Fsp3) is 0.417. The highest BCUT2D eigenvalue weighted by Crippen LogP contribution is 2.47. The molecule has 1 N–H and O–H groups in total. The molecule has 2 unspecified atom stereocenters. The molecule has 16 heteroatoms. The van der Waals surface area contributed by atoms with Crippen molar-refractivity contribution in [3.63, 3.8) is 0 Å². The first-order valence-electron chi connectivity index (χ1n) is 16.9. The van der Waals surface area contributed by atoms with Gasteiger partial charge in [0.15, 0.2) is 5.65 Å². The Kier molecular flexibility index (Phi) is 8.58. The van der Waals surface area contributed by atoms with Gasteiger partial charge in [0.2, 0.25) is 5.95 Å². The first-order valence-corrected chi connectivity index (χ1v) is 18.3. The molecule has 1 saturated heterocycles. The summed E-state index contributed by atoms with van der Waals surface area (Å²) in [4.78, 5) is 27.5. The molecule has 52 heavy (non-hydrogen) atoms. The van der Waals surface area contributed by atoms with Gasteiger partial charge in [0.05, 0.1) is 27.5 Å². The number of rotatable bonds is 6. The van der Waals surface area contributed by atoms with Gasteiger partial charge in [-0.25, -0.2) is 32.1 Å². The molecule has 4 aromatic heterocycles. The molecule has 1 amide bonds. The van der Waals surface area contributed by atoms with Crippen molar-refractivity contribution in [3.05, 3.63) is 71.9 Å². The molecule has 2 fully saturated rings. The summed E-state index contributed by atoms with van der Waals surface area (Å²) in [5, 5.41) is 7.34. The number of hydrogen-bond donors (Lipinski definition) is 1. The van der Waals surface area contributed by atoms with E-state index in [1.807, 2.05) is 20.8 Å². The molecule has 2 aliphatic rings. The number of anilines is 1. The maximum atomic E-state index is 14.6. The summed E-state index contributed by atoms with van der Waals surface area (Å²) in [6.07, 6.45) is -0.429. The van der Waals surface area contributed by atoms with E-state index in [1.165, 1.54) is 18.2 Å². The number of likely N-dealkylation sites (tertiary alicyclic amines) is 1. The van der Waals surface area contributed by atoms with Crippen molar-refractivity contribution < 1.29 is 35.6 Å². The van der Waals surface area contributed by atoms with Crippen LogP contribution in [0.3, 0.4) is 0 Å². The van der Waals surface area contributed by atoms with E-state index < -0.39 is 33.1 Å². The van der Waals surface area contributed by atoms with Crippen LogP contribution in [0.2, 0.25) is 0 Å². The van der Waals surface area contributed by atoms with Crippen molar-refractivity contribution in [2.45, 2.75) is 83.0 Å². The van der Waals surface area contributed by atoms with Gasteiger partial charge in [-0.2, -0.15) is 13.2 Å². The summed E-state index contributed by atoms with van der Waals surface area (Å²) in [6.45, 7) is 9.94. The van der Waals surface area contributed by atoms with E-state index in [-0.39, 0.29) is 45.0 Å². The number of benzene rings is 1. The highest BCUT2D eigenvalue weighted by atomic mass is 32.2. The third kappa shape index (κ3) is 6.59. The molecule has 2 atom stereocenters. The number of nitrogens with zero attached hydrogens (tertiary/aromatic N) is 6. The van der Waals surface area contributed by atoms with E-state index in [9.17, 15) is 26.4 Å². The zero-order valence-electron chi connectivity index (χ0n) is 29.3. The Morgan fingerprint density at radius 1 is 1.06 bits per heavy atom. The molecular formula is C36H38F3N7O5S. The van der Waals surface area contributed by atoms with E-state index in [0.717, 1.165) is 29.2 Å². The van der Waals surface area contributed by atoms with Gasteiger partial charge in [-0.3, -0.25) is 0 Å². The second kappa shape index (κ2) is 12.6. The van der Waals surface area contributed by atoms with Crippen LogP contribution < -0.4 is 5.32 Å². The van der Waals surface area contributed by atoms with Crippen LogP contribution in [-0.2, 0) is 20.9 Å². The highest BCUT2D eigenvalue weighted by molar-refractivity contribution is 7.90. The summed E-state index contributed by atoms with van der Waals surface area (Å²) in [6, 6.07) is 10.5. The van der Waals surface area contributed by atoms with Crippen molar-refractivity contribution in [2.75, 3.05) is 18.4 Å². The van der Waals surface area contributed by atoms with Crippen LogP contribution in [0.25, 0.3) is 33.5 Å². The second-order valence-corrected chi connectivity index (χ2v) is 16.4. The molecule has 1 aromatic carbocycles. The maximum absolute atomic E-state index is 14.6. The number of hydrogen-bond acceptors (Lipinski definition) is 10. The van der Waals surface area contributed by atoms with Crippen molar-refractivity contribution in [1.29, 1.82) is 0 Å². The Bertz CT molecular complexity index is 2260. The fourth-order valence-electron chi connectivity index (χ4n) is 7.31. The summed E-state index contributed by atoms with van der Waals surface area (Å²) >= 11 is 0. The van der Waals surface area contributed by atoms with Gasteiger partial charge < -0.3 is 19.5 Å². The van der Waals surface area contributed by atoms with Gasteiger partial charge >= 0.3 is 12.3 Å². The van der Waals surface area contributed by atoms with Gasteiger partial charge in [-0.1, -0.05) is 23.4 Å². The van der Waals surface area contributed by atoms with Crippen LogP contribution >= 0.6 is 0 Å². The lowest BCUT2D eigenvalue weighted by molar-refractivity contribution is -0.137. The molecule has 0 radical (unpaired) electrons. The van der Waals surface area contributed by atoms with Gasteiger partial charge in [-0.15, -0.1) is 0 Å². The summed E-state index contributed by atoms with van der Waals surface area (Å²) in [5.74, 6) is 0.419. The molecule has 5 aromatic rings. The molecule has 1 aliphatic heterocycles. The predicted octanol–water partition coefficient (Wildman–Crippen LogP) is 7.61. The van der Waals surface area contributed by atoms with Crippen molar-refractivity contribution in [1.82, 2.24) is 29.0 Å². The fourth-order valence-corrected chi connectivity index (χ4v) is 8.64. The lowest BCUT2D eigenvalue weighted by Gasteiger charge is -2.27. The van der Waals surface area contributed by atoms with Crippen LogP contribution in [0, 0.1) is 19.3 Å². The Labute approximate surface area is 298 Å². The first kappa shape index (κ1) is 35.4. The van der Waals surface area contributed by atoms with E-state index in [2.05, 4.69) is 25.4 Å². The Morgan fingerprint density at radius 3 is 2.48 bits per heavy atom. The van der Waals surface area contributed by atoms with E-state index in [1.54, 1.807) is 43.0 Å². The second-order valence-electron chi connectivity index (χ2n) is 14.6. The van der Waals surface area contributed by atoms with Crippen LogP contribution in [0.15, 0.2) is 64.3 Å². The molecule has 274 valence electrons. The maximum Gasteiger partial charge on any atom is 0.419 e. The third-order valence-corrected chi connectivity index (χ3v) is 11.3. The molecule has 7 rings (SSSR count). The lowest BCUT2D eigenvalue weighted by Crippen LogP contribution is -2.36. The number of carbonyl (C=O) groups excluding carboxylic acids is 1. The minimum absolute atomic E-state index is 0.0286. The van der Waals surface area contributed by atoms with E-state index in [4.69, 9.17) is 9.26 Å². The number of halogens is 3. The molecule has 1 saturated carbocycles. The van der Waals surface area contributed by atoms with Crippen LogP contribution in [0.4, 0.5) is 23.9 Å². The Balaban J connectivity index is 1.27. The molecular weight excluding hydrogens is 700 g/mol. The van der Waals surface area contributed by atoms with Gasteiger partial charge in [0.25, 0.3) is 10.0 Å². The van der Waals surface area contributed by atoms with Gasteiger partial charge in [0.1, 0.15) is 16.9 Å². The van der Waals surface area contributed by atoms with Gasteiger partial charge in [-0.05, 0) is 90.0 Å². The van der Waals surface area contributed by atoms with Crippen molar-refractivity contribution in [3.8, 4) is 22.5 Å². The topological polar surface area (TPSA) is 145 Å². The van der Waals surface area contributed by atoms with Gasteiger partial charge in [0, 0.05) is 42.5 Å². The molecule has 1 aliphatic carbocycles. The number of ether oxygens (including phenoxy) is 1. The third-order valence-electron chi connectivity index (χ3n) is 9.68. The molecule has 12 nitrogen and oxygen atoms in total. The van der Waals surface area contributed by atoms with E-state index >= 15 is 0 Å². The predicted molar refractivity (Wildman–Crippen MR) is 186 cm³/mol. The minimum atomic E-state index is -4.86. The number of pyridine rings is 1. The molecule has 5 heterocycles. The smallest absolute Gasteiger partial charge is 0.419 e. The van der Waals surface area contributed by atoms with Crippen molar-refractivity contribution in [2.24, 2.45) is 5.41 Å². The minimum Gasteiger partial charge on any atom is -0.444 e. The summed E-state index contributed by atoms with van der Waals surface area (Å²) in [5.41, 5.74) is -1.17. The summed E-state index contributed by atoms with van der Waals surface area (Å²) < 4.78 is 83.7. The number of amides is 1. The quantitative estimate of drug-likeness (QED) is 0.185. The van der Waals surface area contributed by atoms with Crippen molar-refractivity contribution >= 4 is 33.1 Å². The Hall–Kier alpha value is -4.99. The number of aromatic nitrogens is 5. The zero-order chi connectivity index (χ0) is 37.2. The SMILES string of the molecule is Cc1noc(C)c1-c1ccc2c(-c3nc(NC4CCC5(CCN(C(=O)OC(C)(C)C)C5)C4)ncc3C(F)(F)F)cn(S(=O)(=O)c3ccccc3)c2n1. The molecule has 1 spiro atoms. The highest BCUT2D eigenvalue weighted by Gasteiger charge is 2.46. The Morgan fingerprint density at radius 2 is 1.81 bits per heavy atom. The number of aryl methyl sites for hydroxylation is 2. The van der Waals surface area contributed by atoms with E-state index in [0.29, 0.717) is 48.6 Å². The average Bonchev–Trinajstić information content (AvgIpc) is 3.86. The monoisotopic (exact) mass is 737 g/mol. The standard InChI is InChI=1S/C36H38F3N7O5S/c1-21-29(22(2)51-44-21)28-12-11-25-26(19-46(31(25)42-28)52(48,49)24-9-7-6-8-10-24)30-27(36(37,38)39)18-40-32(43-30)41-23-13-14-35(17-23)15-16-45(20-35)33(47)50-34(3,4)5/h6-12,18-19,23H,13-17,20H2,1-5H3,(H,40,41,43). The average molecular weight is 738 g/mol. The number of alkyl halides is 3. The van der Waals surface area contributed by atoms with Crippen LogP contribution in [0.1, 0.15) is 63.5 Å². The lowest BCUT2D eigenvalue weighted by atomic mass is 9.85. The van der Waals surface area contributed by atoms with Crippen LogP contribution in [-0.4, -0.2) is 68.2 Å². The molecule has 0 bridgehead atoms.